The monoisotopic (exact) mass is 434 g/mol. The average molecular weight is 434 g/mol. The molecule has 2 aliphatic heterocycles. The van der Waals surface area contributed by atoms with Crippen LogP contribution in [0.15, 0.2) is 24.4 Å². The molecule has 2 fully saturated rings. The molecule has 1 aromatic heterocycles. The Morgan fingerprint density at radius 3 is 2.87 bits per heavy atom. The summed E-state index contributed by atoms with van der Waals surface area (Å²) in [6.07, 6.45) is 0.868. The van der Waals surface area contributed by atoms with E-state index >= 15 is 0 Å². The van der Waals surface area contributed by atoms with Gasteiger partial charge < -0.3 is 19.5 Å². The summed E-state index contributed by atoms with van der Waals surface area (Å²) in [6.45, 7) is 4.26. The molecule has 1 aromatic carbocycles. The number of morpholine rings is 1. The predicted molar refractivity (Wildman–Crippen MR) is 110 cm³/mol. The van der Waals surface area contributed by atoms with Crippen LogP contribution in [-0.2, 0) is 22.6 Å². The Bertz CT molecular complexity index is 904. The SMILES string of the molecule is CN(CCO)Cc1cn(CC2CN(c3ccc(N4CCOCC4)c(F)c3)C(=O)O2)nn1. The van der Waals surface area contributed by atoms with Crippen LogP contribution in [0, 0.1) is 5.82 Å². The molecular formula is C20H27FN6O4. The Morgan fingerprint density at radius 1 is 1.32 bits per heavy atom. The lowest BCUT2D eigenvalue weighted by molar-refractivity contribution is 0.122. The topological polar surface area (TPSA) is 96.2 Å². The van der Waals surface area contributed by atoms with Crippen molar-refractivity contribution in [1.29, 1.82) is 0 Å². The number of rotatable bonds is 8. The van der Waals surface area contributed by atoms with E-state index in [9.17, 15) is 9.18 Å². The molecule has 1 atom stereocenters. The van der Waals surface area contributed by atoms with Crippen molar-refractivity contribution in [3.8, 4) is 0 Å². The third kappa shape index (κ3) is 5.12. The lowest BCUT2D eigenvalue weighted by atomic mass is 10.2. The van der Waals surface area contributed by atoms with Gasteiger partial charge >= 0.3 is 6.09 Å². The van der Waals surface area contributed by atoms with Crippen LogP contribution in [0.4, 0.5) is 20.6 Å². The van der Waals surface area contributed by atoms with Gasteiger partial charge in [-0.2, -0.15) is 0 Å². The number of likely N-dealkylation sites (N-methyl/N-ethyl adjacent to an activating group) is 1. The summed E-state index contributed by atoms with van der Waals surface area (Å²) in [7, 11) is 1.88. The van der Waals surface area contributed by atoms with Crippen molar-refractivity contribution in [2.75, 3.05) is 62.8 Å². The fourth-order valence-electron chi connectivity index (χ4n) is 3.79. The van der Waals surface area contributed by atoms with Crippen molar-refractivity contribution in [2.45, 2.75) is 19.2 Å². The van der Waals surface area contributed by atoms with Crippen LogP contribution in [0.2, 0.25) is 0 Å². The number of hydrogen-bond acceptors (Lipinski definition) is 8. The van der Waals surface area contributed by atoms with E-state index in [1.165, 1.54) is 11.0 Å². The highest BCUT2D eigenvalue weighted by Gasteiger charge is 2.33. The Hall–Kier alpha value is -2.76. The number of aliphatic hydroxyl groups is 1. The highest BCUT2D eigenvalue weighted by atomic mass is 19.1. The summed E-state index contributed by atoms with van der Waals surface area (Å²) in [5.41, 5.74) is 1.74. The molecule has 1 unspecified atom stereocenters. The van der Waals surface area contributed by atoms with E-state index in [-0.39, 0.29) is 12.4 Å². The van der Waals surface area contributed by atoms with Gasteiger partial charge in [0.05, 0.1) is 50.0 Å². The molecule has 0 bridgehead atoms. The molecular weight excluding hydrogens is 407 g/mol. The molecule has 1 N–H and O–H groups in total. The number of carbonyl (C=O) groups is 1. The van der Waals surface area contributed by atoms with Gasteiger partial charge in [0.15, 0.2) is 0 Å². The number of hydrogen-bond donors (Lipinski definition) is 1. The maximum Gasteiger partial charge on any atom is 0.414 e. The summed E-state index contributed by atoms with van der Waals surface area (Å²) in [5.74, 6) is -0.372. The number of cyclic esters (lactones) is 1. The molecule has 31 heavy (non-hydrogen) atoms. The van der Waals surface area contributed by atoms with Crippen LogP contribution < -0.4 is 9.80 Å². The molecule has 0 aliphatic carbocycles. The first kappa shape index (κ1) is 21.5. The second-order valence-corrected chi connectivity index (χ2v) is 7.74. The van der Waals surface area contributed by atoms with Crippen LogP contribution in [0.1, 0.15) is 5.69 Å². The second-order valence-electron chi connectivity index (χ2n) is 7.74. The van der Waals surface area contributed by atoms with Crippen LogP contribution in [0.5, 0.6) is 0 Å². The van der Waals surface area contributed by atoms with Gasteiger partial charge in [0.1, 0.15) is 11.9 Å². The zero-order valence-electron chi connectivity index (χ0n) is 17.5. The van der Waals surface area contributed by atoms with E-state index in [1.807, 2.05) is 16.8 Å². The molecule has 0 saturated carbocycles. The Balaban J connectivity index is 1.37. The first-order valence-corrected chi connectivity index (χ1v) is 10.3. The van der Waals surface area contributed by atoms with Crippen LogP contribution in [0.3, 0.4) is 0 Å². The van der Waals surface area contributed by atoms with E-state index in [1.54, 1.807) is 23.0 Å². The van der Waals surface area contributed by atoms with E-state index in [2.05, 4.69) is 10.3 Å². The normalized spacial score (nSPS) is 19.4. The standard InChI is InChI=1S/C20H27FN6O4/c1-24(4-7-28)11-15-12-26(23-22-15)13-17-14-27(20(29)31-17)16-2-3-19(18(21)10-16)25-5-8-30-9-6-25/h2-3,10,12,17,28H,4-9,11,13-14H2,1H3. The lowest BCUT2D eigenvalue weighted by Crippen LogP contribution is -2.36. The van der Waals surface area contributed by atoms with E-state index < -0.39 is 12.2 Å². The first-order valence-electron chi connectivity index (χ1n) is 10.3. The molecule has 3 heterocycles. The van der Waals surface area contributed by atoms with Crippen molar-refractivity contribution in [1.82, 2.24) is 19.9 Å². The molecule has 10 nitrogen and oxygen atoms in total. The minimum atomic E-state index is -0.508. The number of halogens is 1. The second kappa shape index (κ2) is 9.58. The van der Waals surface area contributed by atoms with E-state index in [4.69, 9.17) is 14.6 Å². The molecule has 2 aliphatic rings. The van der Waals surface area contributed by atoms with Gasteiger partial charge in [0.2, 0.25) is 0 Å². The quantitative estimate of drug-likeness (QED) is 0.649. The number of ether oxygens (including phenoxy) is 2. The molecule has 2 aromatic rings. The summed E-state index contributed by atoms with van der Waals surface area (Å²) in [6, 6.07) is 4.81. The summed E-state index contributed by atoms with van der Waals surface area (Å²) in [4.78, 5) is 17.7. The number of nitrogens with zero attached hydrogens (tertiary/aromatic N) is 6. The van der Waals surface area contributed by atoms with Gasteiger partial charge in [-0.15, -0.1) is 5.10 Å². The number of anilines is 2. The number of aromatic nitrogens is 3. The number of amides is 1. The summed E-state index contributed by atoms with van der Waals surface area (Å²) >= 11 is 0. The third-order valence-electron chi connectivity index (χ3n) is 5.36. The molecule has 2 saturated heterocycles. The molecule has 0 spiro atoms. The fourth-order valence-corrected chi connectivity index (χ4v) is 3.79. The van der Waals surface area contributed by atoms with Crippen LogP contribution >= 0.6 is 0 Å². The van der Waals surface area contributed by atoms with Gasteiger partial charge in [-0.1, -0.05) is 5.21 Å². The van der Waals surface area contributed by atoms with Gasteiger partial charge in [0, 0.05) is 32.4 Å². The van der Waals surface area contributed by atoms with Gasteiger partial charge in [-0.05, 0) is 25.2 Å². The zero-order valence-corrected chi connectivity index (χ0v) is 17.5. The Morgan fingerprint density at radius 2 is 2.13 bits per heavy atom. The first-order chi connectivity index (χ1) is 15.0. The maximum absolute atomic E-state index is 14.7. The van der Waals surface area contributed by atoms with E-state index in [0.717, 1.165) is 5.69 Å². The maximum atomic E-state index is 14.7. The van der Waals surface area contributed by atoms with E-state index in [0.29, 0.717) is 63.9 Å². The molecule has 168 valence electrons. The van der Waals surface area contributed by atoms with Crippen molar-refractivity contribution in [2.24, 2.45) is 0 Å². The van der Waals surface area contributed by atoms with Crippen molar-refractivity contribution in [3.05, 3.63) is 35.9 Å². The number of aliphatic hydroxyl groups excluding tert-OH is 1. The lowest BCUT2D eigenvalue weighted by Gasteiger charge is -2.29. The van der Waals surface area contributed by atoms with Gasteiger partial charge in [0.25, 0.3) is 0 Å². The average Bonchev–Trinajstić information content (AvgIpc) is 3.34. The third-order valence-corrected chi connectivity index (χ3v) is 5.36. The van der Waals surface area contributed by atoms with Crippen molar-refractivity contribution >= 4 is 17.5 Å². The van der Waals surface area contributed by atoms with Crippen molar-refractivity contribution in [3.63, 3.8) is 0 Å². The predicted octanol–water partition coefficient (Wildman–Crippen LogP) is 0.703. The molecule has 1 amide bonds. The largest absolute Gasteiger partial charge is 0.442 e. The smallest absolute Gasteiger partial charge is 0.414 e. The minimum Gasteiger partial charge on any atom is -0.442 e. The molecule has 11 heteroatoms. The van der Waals surface area contributed by atoms with Crippen LogP contribution in [0.25, 0.3) is 0 Å². The minimum absolute atomic E-state index is 0.0759. The van der Waals surface area contributed by atoms with Crippen molar-refractivity contribution < 1.29 is 23.8 Å². The fraction of sp³-hybridized carbons (Fsp3) is 0.550. The Kier molecular flexibility index (Phi) is 6.64. The summed E-state index contributed by atoms with van der Waals surface area (Å²) in [5, 5.41) is 17.2. The highest BCUT2D eigenvalue weighted by Crippen LogP contribution is 2.28. The zero-order chi connectivity index (χ0) is 21.8. The highest BCUT2D eigenvalue weighted by molar-refractivity contribution is 5.90. The van der Waals surface area contributed by atoms with Gasteiger partial charge in [-0.25, -0.2) is 13.9 Å². The number of benzene rings is 1. The van der Waals surface area contributed by atoms with Crippen LogP contribution in [-0.4, -0.2) is 90.2 Å². The number of carbonyl (C=O) groups excluding carboxylic acids is 1. The Labute approximate surface area is 179 Å². The van der Waals surface area contributed by atoms with Gasteiger partial charge in [-0.3, -0.25) is 9.80 Å². The summed E-state index contributed by atoms with van der Waals surface area (Å²) < 4.78 is 27.1. The molecule has 0 radical (unpaired) electrons. The molecule has 4 rings (SSSR count).